The lowest BCUT2D eigenvalue weighted by molar-refractivity contribution is -0.116. The minimum absolute atomic E-state index is 0.0660. The lowest BCUT2D eigenvalue weighted by Crippen LogP contribution is -2.30. The van der Waals surface area contributed by atoms with Gasteiger partial charge in [-0.2, -0.15) is 0 Å². The monoisotopic (exact) mass is 342 g/mol. The minimum Gasteiger partial charge on any atom is -0.495 e. The van der Waals surface area contributed by atoms with Gasteiger partial charge < -0.3 is 10.1 Å². The third-order valence-electron chi connectivity index (χ3n) is 4.40. The van der Waals surface area contributed by atoms with Crippen LogP contribution in [-0.4, -0.2) is 30.5 Å². The molecule has 1 aliphatic carbocycles. The number of nitrogens with one attached hydrogen (secondary N) is 1. The Labute approximate surface area is 147 Å². The van der Waals surface area contributed by atoms with Gasteiger partial charge in [-0.25, -0.2) is 4.39 Å². The van der Waals surface area contributed by atoms with Crippen LogP contribution in [0.25, 0.3) is 0 Å². The van der Waals surface area contributed by atoms with Gasteiger partial charge in [0.15, 0.2) is 0 Å². The third-order valence-corrected chi connectivity index (χ3v) is 4.40. The number of hydrogen-bond donors (Lipinski definition) is 1. The van der Waals surface area contributed by atoms with Crippen molar-refractivity contribution < 1.29 is 13.9 Å². The molecule has 1 amide bonds. The number of para-hydroxylation sites is 2. The van der Waals surface area contributed by atoms with Gasteiger partial charge in [-0.05, 0) is 31.0 Å². The second-order valence-corrected chi connectivity index (χ2v) is 6.29. The summed E-state index contributed by atoms with van der Waals surface area (Å²) in [4.78, 5) is 14.5. The van der Waals surface area contributed by atoms with E-state index in [-0.39, 0.29) is 11.7 Å². The van der Waals surface area contributed by atoms with Gasteiger partial charge in [0, 0.05) is 31.1 Å². The van der Waals surface area contributed by atoms with Gasteiger partial charge in [-0.15, -0.1) is 0 Å². The van der Waals surface area contributed by atoms with Crippen LogP contribution in [0.3, 0.4) is 0 Å². The van der Waals surface area contributed by atoms with E-state index in [2.05, 4.69) is 10.2 Å². The van der Waals surface area contributed by atoms with Gasteiger partial charge in [0.2, 0.25) is 5.91 Å². The van der Waals surface area contributed by atoms with Crippen molar-refractivity contribution in [2.45, 2.75) is 31.8 Å². The summed E-state index contributed by atoms with van der Waals surface area (Å²) < 4.78 is 19.1. The Hall–Kier alpha value is -2.40. The Morgan fingerprint density at radius 1 is 1.20 bits per heavy atom. The topological polar surface area (TPSA) is 41.6 Å². The van der Waals surface area contributed by atoms with Crippen LogP contribution in [0.4, 0.5) is 10.1 Å². The SMILES string of the molecule is COc1ccccc1NC(=O)CCN(Cc1ccccc1F)C1CC1. The Morgan fingerprint density at radius 2 is 1.92 bits per heavy atom. The molecule has 0 radical (unpaired) electrons. The average molecular weight is 342 g/mol. The average Bonchev–Trinajstić information content (AvgIpc) is 3.45. The number of rotatable bonds is 8. The fraction of sp³-hybridized carbons (Fsp3) is 0.350. The molecule has 1 aliphatic rings. The van der Waals surface area contributed by atoms with Crippen LogP contribution in [0.2, 0.25) is 0 Å². The summed E-state index contributed by atoms with van der Waals surface area (Å²) in [5.41, 5.74) is 1.35. The van der Waals surface area contributed by atoms with Crippen LogP contribution in [0.5, 0.6) is 5.75 Å². The van der Waals surface area contributed by atoms with E-state index in [1.54, 1.807) is 19.2 Å². The fourth-order valence-electron chi connectivity index (χ4n) is 2.88. The molecule has 1 N–H and O–H groups in total. The summed E-state index contributed by atoms with van der Waals surface area (Å²) in [6.07, 6.45) is 2.59. The first-order chi connectivity index (χ1) is 12.2. The number of benzene rings is 2. The molecule has 2 aromatic carbocycles. The maximum absolute atomic E-state index is 13.9. The molecule has 0 saturated heterocycles. The maximum Gasteiger partial charge on any atom is 0.225 e. The minimum atomic E-state index is -0.188. The summed E-state index contributed by atoms with van der Waals surface area (Å²) in [5, 5.41) is 2.89. The van der Waals surface area contributed by atoms with E-state index in [9.17, 15) is 9.18 Å². The van der Waals surface area contributed by atoms with Crippen LogP contribution in [0.1, 0.15) is 24.8 Å². The number of carbonyl (C=O) groups excluding carboxylic acids is 1. The molecule has 132 valence electrons. The molecule has 0 bridgehead atoms. The predicted octanol–water partition coefficient (Wildman–Crippen LogP) is 3.83. The highest BCUT2D eigenvalue weighted by Gasteiger charge is 2.29. The summed E-state index contributed by atoms with van der Waals surface area (Å²) in [6, 6.07) is 14.6. The number of methoxy groups -OCH3 is 1. The van der Waals surface area contributed by atoms with E-state index in [1.807, 2.05) is 30.3 Å². The van der Waals surface area contributed by atoms with Gasteiger partial charge in [0.1, 0.15) is 11.6 Å². The predicted molar refractivity (Wildman–Crippen MR) is 96.1 cm³/mol. The van der Waals surface area contributed by atoms with Crippen LogP contribution >= 0.6 is 0 Å². The molecular weight excluding hydrogens is 319 g/mol. The highest BCUT2D eigenvalue weighted by Crippen LogP contribution is 2.29. The molecule has 5 heteroatoms. The van der Waals surface area contributed by atoms with Crippen molar-refractivity contribution in [2.75, 3.05) is 19.0 Å². The number of hydrogen-bond acceptors (Lipinski definition) is 3. The molecule has 0 spiro atoms. The smallest absolute Gasteiger partial charge is 0.225 e. The molecule has 4 nitrogen and oxygen atoms in total. The third kappa shape index (κ3) is 4.79. The number of carbonyl (C=O) groups is 1. The normalized spacial score (nSPS) is 13.7. The van der Waals surface area contributed by atoms with Crippen molar-refractivity contribution in [1.29, 1.82) is 0 Å². The number of nitrogens with zero attached hydrogens (tertiary/aromatic N) is 1. The van der Waals surface area contributed by atoms with Gasteiger partial charge in [-0.3, -0.25) is 9.69 Å². The largest absolute Gasteiger partial charge is 0.495 e. The van der Waals surface area contributed by atoms with Crippen molar-refractivity contribution in [1.82, 2.24) is 4.90 Å². The quantitative estimate of drug-likeness (QED) is 0.793. The van der Waals surface area contributed by atoms with E-state index in [0.717, 1.165) is 12.8 Å². The van der Waals surface area contributed by atoms with Crippen molar-refractivity contribution >= 4 is 11.6 Å². The zero-order valence-corrected chi connectivity index (χ0v) is 14.4. The van der Waals surface area contributed by atoms with Gasteiger partial charge in [-0.1, -0.05) is 30.3 Å². The summed E-state index contributed by atoms with van der Waals surface area (Å²) in [6.45, 7) is 1.15. The molecule has 1 fully saturated rings. The molecule has 25 heavy (non-hydrogen) atoms. The molecule has 0 aliphatic heterocycles. The van der Waals surface area contributed by atoms with Crippen LogP contribution in [0, 0.1) is 5.82 Å². The standard InChI is InChI=1S/C20H23FN2O2/c1-25-19-9-5-4-8-18(19)22-20(24)12-13-23(16-10-11-16)14-15-6-2-3-7-17(15)21/h2-9,16H,10-14H2,1H3,(H,22,24). The highest BCUT2D eigenvalue weighted by atomic mass is 19.1. The molecular formula is C20H23FN2O2. The number of anilines is 1. The molecule has 0 unspecified atom stereocenters. The van der Waals surface area contributed by atoms with Gasteiger partial charge in [0.25, 0.3) is 0 Å². The van der Waals surface area contributed by atoms with Crippen LogP contribution < -0.4 is 10.1 Å². The number of ether oxygens (including phenoxy) is 1. The zero-order chi connectivity index (χ0) is 17.6. The lowest BCUT2D eigenvalue weighted by atomic mass is 10.2. The van der Waals surface area contributed by atoms with E-state index >= 15 is 0 Å². The summed E-state index contributed by atoms with van der Waals surface area (Å²) in [7, 11) is 1.58. The lowest BCUT2D eigenvalue weighted by Gasteiger charge is -2.22. The molecule has 2 aromatic rings. The number of halogens is 1. The highest BCUT2D eigenvalue weighted by molar-refractivity contribution is 5.92. The summed E-state index contributed by atoms with van der Waals surface area (Å²) in [5.74, 6) is 0.386. The summed E-state index contributed by atoms with van der Waals surface area (Å²) >= 11 is 0. The van der Waals surface area contributed by atoms with E-state index in [1.165, 1.54) is 6.07 Å². The molecule has 0 aromatic heterocycles. The van der Waals surface area contributed by atoms with Crippen molar-refractivity contribution in [3.05, 3.63) is 59.9 Å². The maximum atomic E-state index is 13.9. The van der Waals surface area contributed by atoms with E-state index < -0.39 is 0 Å². The van der Waals surface area contributed by atoms with E-state index in [4.69, 9.17) is 4.74 Å². The molecule has 3 rings (SSSR count). The molecule has 0 atom stereocenters. The molecule has 0 heterocycles. The zero-order valence-electron chi connectivity index (χ0n) is 14.4. The van der Waals surface area contributed by atoms with Crippen molar-refractivity contribution in [2.24, 2.45) is 0 Å². The van der Waals surface area contributed by atoms with Crippen LogP contribution in [0.15, 0.2) is 48.5 Å². The van der Waals surface area contributed by atoms with Crippen molar-refractivity contribution in [3.63, 3.8) is 0 Å². The van der Waals surface area contributed by atoms with E-state index in [0.29, 0.717) is 42.6 Å². The second kappa shape index (κ2) is 8.12. The Kier molecular flexibility index (Phi) is 5.66. The van der Waals surface area contributed by atoms with Crippen LogP contribution in [-0.2, 0) is 11.3 Å². The first-order valence-corrected chi connectivity index (χ1v) is 8.57. The Balaban J connectivity index is 1.56. The Morgan fingerprint density at radius 3 is 2.64 bits per heavy atom. The first-order valence-electron chi connectivity index (χ1n) is 8.57. The van der Waals surface area contributed by atoms with Gasteiger partial charge in [0.05, 0.1) is 12.8 Å². The fourth-order valence-corrected chi connectivity index (χ4v) is 2.88. The first kappa shape index (κ1) is 17.4. The number of amides is 1. The molecule has 1 saturated carbocycles. The second-order valence-electron chi connectivity index (χ2n) is 6.29. The van der Waals surface area contributed by atoms with Crippen molar-refractivity contribution in [3.8, 4) is 5.75 Å². The Bertz CT molecular complexity index is 731. The van der Waals surface area contributed by atoms with Gasteiger partial charge >= 0.3 is 0 Å².